The van der Waals surface area contributed by atoms with Crippen LogP contribution in [0.3, 0.4) is 0 Å². The minimum Gasteiger partial charge on any atom is -0.387 e. The molecular formula is C25H31FN8O11P2S. The van der Waals surface area contributed by atoms with Gasteiger partial charge in [0, 0.05) is 12.1 Å². The van der Waals surface area contributed by atoms with E-state index in [2.05, 4.69) is 24.9 Å². The Balaban J connectivity index is 1.27. The fourth-order valence-electron chi connectivity index (χ4n) is 6.50. The fraction of sp³-hybridized carbons (Fsp3) is 0.560. The Morgan fingerprint density at radius 1 is 1.15 bits per heavy atom. The summed E-state index contributed by atoms with van der Waals surface area (Å²) in [6.45, 7) is -1.80. The Morgan fingerprint density at radius 2 is 1.94 bits per heavy atom. The normalized spacial score (nSPS) is 37.7. The van der Waals surface area contributed by atoms with Crippen LogP contribution in [-0.4, -0.2) is 92.2 Å². The van der Waals surface area contributed by atoms with Crippen molar-refractivity contribution in [2.75, 3.05) is 18.9 Å². The van der Waals surface area contributed by atoms with E-state index in [0.29, 0.717) is 17.6 Å². The predicted octanol–water partition coefficient (Wildman–Crippen LogP) is 1.38. The van der Waals surface area contributed by atoms with Crippen LogP contribution in [0.1, 0.15) is 39.1 Å². The molecule has 6 N–H and O–H groups in total. The standard InChI is InChI=1S/C25H31FN8O11P2S/c1-3-11-18-25(4-2,43-23(11)34-10-32-15-19(27)28-8-30-21(15)34)7-41-46(37,38)44-17-16(35)13(6-40-47(39,48)45-18)42-24(17)33-5-12(26)14-20(33)29-9-31-22(14)36/h5,8-11,13,16-18,23-24,35H,3-4,6-7H2,1-2H3,(H,37,38)(H,39,48)(H2,27,28,30)(H,29,31,36)/t11-,13-,16-,17-,18+,23-,24-,25-,47?/m1/s1. The SMILES string of the molecule is CC[C@H]1[C@H](n2cnc3c(N)ncnc32)O[C@]2(CC)COP(=O)(O)O[C@@H]3[C@H](O)[C@@H](COP(O)(=S)O[C@@H]12)O[C@H]3n1cc(F)c2c(=O)[nH]cnc21. The van der Waals surface area contributed by atoms with Gasteiger partial charge in [-0.3, -0.25) is 18.4 Å². The molecule has 3 saturated heterocycles. The second kappa shape index (κ2) is 12.2. The molecule has 23 heteroatoms. The first-order valence-electron chi connectivity index (χ1n) is 14.8. The number of fused-ring (bicyclic) bond motifs is 5. The topological polar surface area (TPSA) is 253 Å². The maximum Gasteiger partial charge on any atom is 0.472 e. The molecule has 0 spiro atoms. The number of phosphoric ester groups is 1. The summed E-state index contributed by atoms with van der Waals surface area (Å²) >= 11 is 5.41. The molecule has 0 amide bonds. The minimum absolute atomic E-state index is 0.124. The molecule has 0 aromatic carbocycles. The molecule has 7 rings (SSSR count). The van der Waals surface area contributed by atoms with Crippen molar-refractivity contribution in [3.8, 4) is 0 Å². The third-order valence-electron chi connectivity index (χ3n) is 8.89. The van der Waals surface area contributed by atoms with Crippen LogP contribution in [0.15, 0.2) is 30.0 Å². The zero-order valence-electron chi connectivity index (χ0n) is 25.2. The molecule has 0 aliphatic carbocycles. The summed E-state index contributed by atoms with van der Waals surface area (Å²) in [4.78, 5) is 53.5. The summed E-state index contributed by atoms with van der Waals surface area (Å²) in [5.41, 5.74) is 4.16. The molecule has 4 aromatic rings. The number of nitrogens with one attached hydrogen (secondary N) is 1. The number of nitrogens with zero attached hydrogens (tertiary/aromatic N) is 6. The van der Waals surface area contributed by atoms with Crippen molar-refractivity contribution >= 4 is 54.4 Å². The smallest absolute Gasteiger partial charge is 0.387 e. The van der Waals surface area contributed by atoms with Crippen molar-refractivity contribution < 1.29 is 51.4 Å². The Morgan fingerprint density at radius 3 is 2.69 bits per heavy atom. The number of halogens is 1. The van der Waals surface area contributed by atoms with Crippen LogP contribution >= 0.6 is 14.5 Å². The molecule has 3 fully saturated rings. The summed E-state index contributed by atoms with van der Waals surface area (Å²) in [6, 6.07) is 0. The second-order valence-electron chi connectivity index (χ2n) is 11.6. The van der Waals surface area contributed by atoms with E-state index in [1.165, 1.54) is 12.7 Å². The van der Waals surface area contributed by atoms with Gasteiger partial charge in [-0.2, -0.15) is 0 Å². The summed E-state index contributed by atoms with van der Waals surface area (Å²) < 4.78 is 66.5. The first-order chi connectivity index (χ1) is 22.8. The van der Waals surface area contributed by atoms with Crippen molar-refractivity contribution in [1.29, 1.82) is 0 Å². The number of aliphatic hydroxyl groups is 1. The third-order valence-corrected chi connectivity index (χ3v) is 11.4. The molecule has 2 bridgehead atoms. The van der Waals surface area contributed by atoms with Crippen LogP contribution in [0.4, 0.5) is 10.2 Å². The highest BCUT2D eigenvalue weighted by atomic mass is 32.5. The molecule has 3 aliphatic heterocycles. The molecule has 7 heterocycles. The Kier molecular flexibility index (Phi) is 8.58. The lowest BCUT2D eigenvalue weighted by atomic mass is 9.87. The number of aromatic amines is 1. The van der Waals surface area contributed by atoms with Crippen LogP contribution < -0.4 is 11.3 Å². The first kappa shape index (κ1) is 33.7. The lowest BCUT2D eigenvalue weighted by molar-refractivity contribution is -0.127. The number of hydrogen-bond acceptors (Lipinski definition) is 15. The van der Waals surface area contributed by atoms with Gasteiger partial charge in [0.15, 0.2) is 29.2 Å². The molecule has 10 atom stereocenters. The van der Waals surface area contributed by atoms with Crippen LogP contribution in [-0.2, 0) is 43.9 Å². The molecule has 19 nitrogen and oxygen atoms in total. The van der Waals surface area contributed by atoms with E-state index in [4.69, 9.17) is 45.1 Å². The first-order valence-corrected chi connectivity index (χ1v) is 18.9. The molecule has 4 aromatic heterocycles. The van der Waals surface area contributed by atoms with Crippen LogP contribution in [0.2, 0.25) is 0 Å². The van der Waals surface area contributed by atoms with Gasteiger partial charge < -0.3 is 48.7 Å². The van der Waals surface area contributed by atoms with Gasteiger partial charge in [0.2, 0.25) is 0 Å². The van der Waals surface area contributed by atoms with Gasteiger partial charge >= 0.3 is 14.5 Å². The number of imidazole rings is 1. The number of H-pyrrole nitrogens is 1. The molecule has 3 aliphatic rings. The van der Waals surface area contributed by atoms with Gasteiger partial charge in [-0.05, 0) is 24.6 Å². The van der Waals surface area contributed by atoms with Crippen molar-refractivity contribution in [1.82, 2.24) is 34.1 Å². The average molecular weight is 733 g/mol. The highest BCUT2D eigenvalue weighted by Crippen LogP contribution is 2.58. The maximum atomic E-state index is 14.9. The largest absolute Gasteiger partial charge is 0.472 e. The molecule has 48 heavy (non-hydrogen) atoms. The van der Waals surface area contributed by atoms with E-state index >= 15 is 0 Å². The van der Waals surface area contributed by atoms with E-state index in [1.54, 1.807) is 11.5 Å². The third kappa shape index (κ3) is 5.61. The van der Waals surface area contributed by atoms with E-state index in [1.807, 2.05) is 6.92 Å². The molecule has 2 unspecified atom stereocenters. The van der Waals surface area contributed by atoms with E-state index in [0.717, 1.165) is 17.1 Å². The van der Waals surface area contributed by atoms with Crippen LogP contribution in [0, 0.1) is 11.7 Å². The Labute approximate surface area is 275 Å². The highest BCUT2D eigenvalue weighted by Gasteiger charge is 2.59. The Bertz CT molecular complexity index is 2030. The highest BCUT2D eigenvalue weighted by molar-refractivity contribution is 8.07. The van der Waals surface area contributed by atoms with Crippen molar-refractivity contribution in [3.63, 3.8) is 0 Å². The van der Waals surface area contributed by atoms with Crippen LogP contribution in [0.25, 0.3) is 22.2 Å². The number of ether oxygens (including phenoxy) is 2. The zero-order valence-corrected chi connectivity index (χ0v) is 27.8. The van der Waals surface area contributed by atoms with Crippen molar-refractivity contribution in [2.45, 2.75) is 69.2 Å². The number of rotatable bonds is 4. The Hall–Kier alpha value is -2.78. The monoisotopic (exact) mass is 732 g/mol. The van der Waals surface area contributed by atoms with Gasteiger partial charge in [0.05, 0.1) is 25.9 Å². The number of hydrogen-bond donors (Lipinski definition) is 5. The molecule has 260 valence electrons. The van der Waals surface area contributed by atoms with E-state index < -0.39 is 92.9 Å². The molecule has 0 radical (unpaired) electrons. The maximum absolute atomic E-state index is 14.9. The van der Waals surface area contributed by atoms with Crippen molar-refractivity contribution in [3.05, 3.63) is 41.3 Å². The number of nitrogen functional groups attached to an aromatic ring is 1. The lowest BCUT2D eigenvalue weighted by Gasteiger charge is -2.36. The van der Waals surface area contributed by atoms with E-state index in [9.17, 15) is 28.6 Å². The van der Waals surface area contributed by atoms with Gasteiger partial charge in [-0.1, -0.05) is 13.8 Å². The quantitative estimate of drug-likeness (QED) is 0.186. The van der Waals surface area contributed by atoms with Gasteiger partial charge in [-0.15, -0.1) is 0 Å². The lowest BCUT2D eigenvalue weighted by Crippen LogP contribution is -2.46. The van der Waals surface area contributed by atoms with Gasteiger partial charge in [-0.25, -0.2) is 28.9 Å². The average Bonchev–Trinajstić information content (AvgIpc) is 3.78. The zero-order chi connectivity index (χ0) is 34.2. The van der Waals surface area contributed by atoms with Gasteiger partial charge in [0.25, 0.3) is 5.56 Å². The van der Waals surface area contributed by atoms with Gasteiger partial charge in [0.1, 0.15) is 53.5 Å². The van der Waals surface area contributed by atoms with Crippen LogP contribution in [0.5, 0.6) is 0 Å². The summed E-state index contributed by atoms with van der Waals surface area (Å²) in [6.07, 6.45) is -3.04. The van der Waals surface area contributed by atoms with E-state index in [-0.39, 0.29) is 17.9 Å². The number of nitrogens with two attached hydrogens (primary N) is 1. The number of aromatic nitrogens is 7. The van der Waals surface area contributed by atoms with Crippen molar-refractivity contribution in [2.24, 2.45) is 5.92 Å². The summed E-state index contributed by atoms with van der Waals surface area (Å²) in [5, 5.41) is 10.8. The summed E-state index contributed by atoms with van der Waals surface area (Å²) in [5.74, 6) is -1.40. The molecule has 0 saturated carbocycles. The number of anilines is 1. The number of aliphatic hydroxyl groups excluding tert-OH is 1. The summed E-state index contributed by atoms with van der Waals surface area (Å²) in [7, 11) is -5.10. The predicted molar refractivity (Wildman–Crippen MR) is 165 cm³/mol. The number of phosphoric acid groups is 1. The minimum atomic E-state index is -5.10. The fourth-order valence-corrected chi connectivity index (χ4v) is 8.97. The second-order valence-corrected chi connectivity index (χ2v) is 15.8. The molecular weight excluding hydrogens is 701 g/mol.